The smallest absolute Gasteiger partial charge is 0.270 e. The number of nitrogens with one attached hydrogen (secondary N) is 1. The second-order valence-corrected chi connectivity index (χ2v) is 9.82. The molecule has 0 atom stereocenters. The van der Waals surface area contributed by atoms with Crippen LogP contribution in [0.15, 0.2) is 51.5 Å². The topological polar surface area (TPSA) is 85.8 Å². The lowest BCUT2D eigenvalue weighted by Crippen LogP contribution is -2.24. The molecule has 0 saturated heterocycles. The van der Waals surface area contributed by atoms with Crippen molar-refractivity contribution in [2.45, 2.75) is 37.1 Å². The molecule has 0 aliphatic rings. The van der Waals surface area contributed by atoms with Crippen LogP contribution in [0.1, 0.15) is 41.7 Å². The number of thiazole rings is 1. The quantitative estimate of drug-likeness (QED) is 0.189. The van der Waals surface area contributed by atoms with E-state index < -0.39 is 0 Å². The van der Waals surface area contributed by atoms with Crippen LogP contribution in [0.5, 0.6) is 0 Å². The number of hydrogen-bond acceptors (Lipinski definition) is 7. The lowest BCUT2D eigenvalue weighted by molar-refractivity contribution is 0.0948. The molecule has 3 aromatic heterocycles. The number of halogens is 2. The van der Waals surface area contributed by atoms with Gasteiger partial charge in [-0.25, -0.2) is 4.98 Å². The van der Waals surface area contributed by atoms with Gasteiger partial charge in [-0.05, 0) is 36.8 Å². The Morgan fingerprint density at radius 1 is 1.24 bits per heavy atom. The Morgan fingerprint density at radius 2 is 2.12 bits per heavy atom. The summed E-state index contributed by atoms with van der Waals surface area (Å²) in [5.41, 5.74) is 1.12. The lowest BCUT2D eigenvalue weighted by Gasteiger charge is -2.11. The number of rotatable bonds is 10. The number of nitrogens with zero attached hydrogens (tertiary/aromatic N) is 4. The molecule has 172 valence electrons. The van der Waals surface area contributed by atoms with E-state index in [-0.39, 0.29) is 5.91 Å². The molecule has 7 nitrogen and oxygen atoms in total. The van der Waals surface area contributed by atoms with Gasteiger partial charge in [0, 0.05) is 16.9 Å². The van der Waals surface area contributed by atoms with E-state index >= 15 is 0 Å². The third kappa shape index (κ3) is 5.78. The molecule has 0 spiro atoms. The first kappa shape index (κ1) is 23.8. The van der Waals surface area contributed by atoms with E-state index in [0.717, 1.165) is 24.3 Å². The number of unbranched alkanes of at least 4 members (excludes halogenated alkanes) is 2. The molecule has 1 aromatic carbocycles. The first-order valence-corrected chi connectivity index (χ1v) is 13.0. The summed E-state index contributed by atoms with van der Waals surface area (Å²) < 4.78 is 7.37. The number of amides is 1. The molecule has 0 radical (unpaired) electrons. The highest BCUT2D eigenvalue weighted by Crippen LogP contribution is 2.34. The summed E-state index contributed by atoms with van der Waals surface area (Å²) in [6.07, 6.45) is 4.75. The van der Waals surface area contributed by atoms with Gasteiger partial charge in [0.05, 0.1) is 22.7 Å². The predicted molar refractivity (Wildman–Crippen MR) is 133 cm³/mol. The average molecular weight is 522 g/mol. The van der Waals surface area contributed by atoms with E-state index in [1.165, 1.54) is 23.1 Å². The minimum absolute atomic E-state index is 0.144. The predicted octanol–water partition coefficient (Wildman–Crippen LogP) is 6.50. The molecule has 0 unspecified atom stereocenters. The van der Waals surface area contributed by atoms with Crippen molar-refractivity contribution in [1.29, 1.82) is 0 Å². The van der Waals surface area contributed by atoms with Crippen molar-refractivity contribution < 1.29 is 9.21 Å². The highest BCUT2D eigenvalue weighted by Gasteiger charge is 2.21. The van der Waals surface area contributed by atoms with Crippen LogP contribution >= 0.6 is 46.3 Å². The van der Waals surface area contributed by atoms with Crippen LogP contribution in [0.2, 0.25) is 10.0 Å². The maximum absolute atomic E-state index is 12.3. The second-order valence-electron chi connectivity index (χ2n) is 7.09. The van der Waals surface area contributed by atoms with E-state index in [1.807, 2.05) is 16.7 Å². The third-order valence-electron chi connectivity index (χ3n) is 4.70. The normalized spacial score (nSPS) is 11.1. The van der Waals surface area contributed by atoms with Gasteiger partial charge in [-0.1, -0.05) is 54.7 Å². The molecule has 0 bridgehead atoms. The van der Waals surface area contributed by atoms with E-state index in [2.05, 4.69) is 27.4 Å². The number of benzene rings is 1. The first-order valence-electron chi connectivity index (χ1n) is 10.4. The first-order chi connectivity index (χ1) is 16.1. The van der Waals surface area contributed by atoms with Gasteiger partial charge < -0.3 is 9.73 Å². The summed E-state index contributed by atoms with van der Waals surface area (Å²) in [6, 6.07) is 8.84. The molecule has 11 heteroatoms. The zero-order valence-electron chi connectivity index (χ0n) is 17.8. The van der Waals surface area contributed by atoms with Crippen molar-refractivity contribution in [3.63, 3.8) is 0 Å². The summed E-state index contributed by atoms with van der Waals surface area (Å²) in [6.45, 7) is 2.79. The van der Waals surface area contributed by atoms with Crippen molar-refractivity contribution in [3.8, 4) is 17.3 Å². The number of aromatic nitrogens is 4. The van der Waals surface area contributed by atoms with Crippen molar-refractivity contribution in [2.75, 3.05) is 6.54 Å². The van der Waals surface area contributed by atoms with E-state index in [9.17, 15) is 4.79 Å². The van der Waals surface area contributed by atoms with Crippen molar-refractivity contribution >= 4 is 52.2 Å². The molecule has 0 aliphatic carbocycles. The van der Waals surface area contributed by atoms with E-state index in [1.54, 1.807) is 29.8 Å². The number of thioether (sulfide) groups is 1. The fraction of sp³-hybridized carbons (Fsp3) is 0.273. The summed E-state index contributed by atoms with van der Waals surface area (Å²) >= 11 is 15.5. The van der Waals surface area contributed by atoms with Gasteiger partial charge in [-0.2, -0.15) is 0 Å². The second kappa shape index (κ2) is 11.2. The van der Waals surface area contributed by atoms with Gasteiger partial charge in [-0.3, -0.25) is 9.36 Å². The molecule has 0 aliphatic heterocycles. The van der Waals surface area contributed by atoms with Gasteiger partial charge in [0.25, 0.3) is 5.91 Å². The Morgan fingerprint density at radius 3 is 2.88 bits per heavy atom. The molecule has 0 fully saturated rings. The van der Waals surface area contributed by atoms with Crippen LogP contribution in [0, 0.1) is 0 Å². The number of carbonyl (C=O) groups excluding carboxylic acids is 1. The van der Waals surface area contributed by atoms with Crippen LogP contribution in [0.3, 0.4) is 0 Å². The fourth-order valence-corrected chi connectivity index (χ4v) is 5.31. The molecular weight excluding hydrogens is 501 g/mol. The molecule has 4 rings (SSSR count). The van der Waals surface area contributed by atoms with Crippen molar-refractivity contribution in [1.82, 2.24) is 25.1 Å². The monoisotopic (exact) mass is 521 g/mol. The molecule has 3 heterocycles. The minimum atomic E-state index is -0.144. The summed E-state index contributed by atoms with van der Waals surface area (Å²) in [5, 5.41) is 15.8. The molecule has 1 N–H and O–H groups in total. The lowest BCUT2D eigenvalue weighted by atomic mass is 10.2. The fourth-order valence-electron chi connectivity index (χ4n) is 3.08. The highest BCUT2D eigenvalue weighted by atomic mass is 35.5. The SMILES string of the molecule is CCCCCNC(=O)c1csc(CSc2nnc(-c3ccco3)n2-c2ccc(Cl)cc2Cl)n1. The maximum atomic E-state index is 12.3. The van der Waals surface area contributed by atoms with Gasteiger partial charge in [0.2, 0.25) is 5.82 Å². The molecular formula is C22H21Cl2N5O2S2. The molecule has 1 amide bonds. The van der Waals surface area contributed by atoms with Crippen LogP contribution in [-0.2, 0) is 5.75 Å². The van der Waals surface area contributed by atoms with Gasteiger partial charge in [0.15, 0.2) is 10.9 Å². The number of carbonyl (C=O) groups is 1. The average Bonchev–Trinajstić information content (AvgIpc) is 3.56. The summed E-state index contributed by atoms with van der Waals surface area (Å²) in [7, 11) is 0. The van der Waals surface area contributed by atoms with Gasteiger partial charge in [-0.15, -0.1) is 21.5 Å². The Balaban J connectivity index is 1.52. The standard InChI is InChI=1S/C22H21Cl2N5O2S2/c1-2-3-4-9-25-21(30)16-12-32-19(26-16)13-33-22-28-27-20(18-6-5-10-31-18)29(22)17-8-7-14(23)11-15(17)24/h5-8,10-12H,2-4,9,13H2,1H3,(H,25,30). The van der Waals surface area contributed by atoms with Crippen molar-refractivity contribution in [2.24, 2.45) is 0 Å². The van der Waals surface area contributed by atoms with Crippen LogP contribution < -0.4 is 5.32 Å². The molecule has 0 saturated carbocycles. The van der Waals surface area contributed by atoms with Gasteiger partial charge >= 0.3 is 0 Å². The van der Waals surface area contributed by atoms with Crippen LogP contribution in [0.4, 0.5) is 0 Å². The zero-order valence-corrected chi connectivity index (χ0v) is 20.9. The van der Waals surface area contributed by atoms with Crippen LogP contribution in [0.25, 0.3) is 17.3 Å². The van der Waals surface area contributed by atoms with E-state index in [4.69, 9.17) is 27.6 Å². The molecule has 4 aromatic rings. The summed E-state index contributed by atoms with van der Waals surface area (Å²) in [4.78, 5) is 16.8. The number of hydrogen-bond donors (Lipinski definition) is 1. The minimum Gasteiger partial charge on any atom is -0.461 e. The van der Waals surface area contributed by atoms with Crippen LogP contribution in [-0.4, -0.2) is 32.2 Å². The highest BCUT2D eigenvalue weighted by molar-refractivity contribution is 7.98. The zero-order chi connectivity index (χ0) is 23.2. The largest absolute Gasteiger partial charge is 0.461 e. The third-order valence-corrected chi connectivity index (χ3v) is 7.21. The van der Waals surface area contributed by atoms with Gasteiger partial charge in [0.1, 0.15) is 10.7 Å². The number of furan rings is 1. The maximum Gasteiger partial charge on any atom is 0.270 e. The Kier molecular flexibility index (Phi) is 8.08. The van der Waals surface area contributed by atoms with E-state index in [0.29, 0.717) is 50.5 Å². The Bertz CT molecular complexity index is 1220. The molecule has 33 heavy (non-hydrogen) atoms. The summed E-state index contributed by atoms with van der Waals surface area (Å²) in [5.74, 6) is 1.47. The van der Waals surface area contributed by atoms with Crippen molar-refractivity contribution in [3.05, 3.63) is 62.7 Å². The Labute approximate surface area is 209 Å². The Hall–Kier alpha value is -2.33.